The van der Waals surface area contributed by atoms with Crippen LogP contribution < -0.4 is 10.2 Å². The second-order valence-corrected chi connectivity index (χ2v) is 5.81. The van der Waals surface area contributed by atoms with Gasteiger partial charge in [0.2, 0.25) is 0 Å². The molecule has 1 aromatic carbocycles. The van der Waals surface area contributed by atoms with E-state index in [1.807, 2.05) is 4.90 Å². The first-order valence-corrected chi connectivity index (χ1v) is 6.41. The number of benzene rings is 1. The summed E-state index contributed by atoms with van der Waals surface area (Å²) in [5.74, 6) is 0. The van der Waals surface area contributed by atoms with Gasteiger partial charge in [-0.3, -0.25) is 0 Å². The number of rotatable bonds is 1. The van der Waals surface area contributed by atoms with E-state index in [0.717, 1.165) is 32.2 Å². The van der Waals surface area contributed by atoms with Crippen molar-refractivity contribution in [1.82, 2.24) is 5.32 Å². The van der Waals surface area contributed by atoms with Gasteiger partial charge in [-0.15, -0.1) is 0 Å². The highest BCUT2D eigenvalue weighted by atomic mass is 19.4. The number of anilines is 1. The molecule has 1 heterocycles. The van der Waals surface area contributed by atoms with Gasteiger partial charge in [-0.05, 0) is 23.6 Å². The van der Waals surface area contributed by atoms with Gasteiger partial charge in [0.25, 0.3) is 0 Å². The Morgan fingerprint density at radius 2 is 2.00 bits per heavy atom. The average molecular weight is 272 g/mol. The van der Waals surface area contributed by atoms with Crippen LogP contribution >= 0.6 is 0 Å². The minimum Gasteiger partial charge on any atom is -0.370 e. The predicted molar refractivity (Wildman–Crippen MR) is 70.3 cm³/mol. The van der Waals surface area contributed by atoms with Crippen LogP contribution in [0.25, 0.3) is 0 Å². The van der Waals surface area contributed by atoms with Crippen LogP contribution in [-0.4, -0.2) is 26.2 Å². The van der Waals surface area contributed by atoms with Gasteiger partial charge in [0, 0.05) is 31.9 Å². The largest absolute Gasteiger partial charge is 0.416 e. The fraction of sp³-hybridized carbons (Fsp3) is 0.571. The van der Waals surface area contributed by atoms with E-state index in [0.29, 0.717) is 5.69 Å². The Balaban J connectivity index is 2.25. The molecule has 106 valence electrons. The fourth-order valence-corrected chi connectivity index (χ4v) is 2.39. The van der Waals surface area contributed by atoms with E-state index in [2.05, 4.69) is 19.2 Å². The third-order valence-electron chi connectivity index (χ3n) is 3.32. The average Bonchev–Trinajstić information content (AvgIpc) is 2.49. The Hall–Kier alpha value is -1.23. The highest BCUT2D eigenvalue weighted by Gasteiger charge is 2.31. The van der Waals surface area contributed by atoms with Crippen LogP contribution in [0.3, 0.4) is 0 Å². The normalized spacial score (nSPS) is 20.2. The molecule has 0 bridgehead atoms. The Kier molecular flexibility index (Phi) is 3.76. The molecule has 1 aliphatic rings. The molecule has 1 saturated heterocycles. The molecule has 1 fully saturated rings. The maximum Gasteiger partial charge on any atom is 0.416 e. The summed E-state index contributed by atoms with van der Waals surface area (Å²) >= 11 is 0. The van der Waals surface area contributed by atoms with Crippen molar-refractivity contribution in [3.8, 4) is 0 Å². The molecule has 19 heavy (non-hydrogen) atoms. The number of hydrogen-bond acceptors (Lipinski definition) is 2. The van der Waals surface area contributed by atoms with Gasteiger partial charge in [0.05, 0.1) is 5.56 Å². The first-order valence-electron chi connectivity index (χ1n) is 6.41. The SMILES string of the molecule is CC1(C)CNCCN(c2cccc(C(F)(F)F)c2)C1. The van der Waals surface area contributed by atoms with E-state index in [9.17, 15) is 13.2 Å². The number of hydrogen-bond donors (Lipinski definition) is 1. The highest BCUT2D eigenvalue weighted by molar-refractivity contribution is 5.49. The number of halogens is 3. The summed E-state index contributed by atoms with van der Waals surface area (Å²) in [5, 5.41) is 3.32. The molecule has 5 heteroatoms. The molecule has 0 amide bonds. The Morgan fingerprint density at radius 3 is 2.68 bits per heavy atom. The fourth-order valence-electron chi connectivity index (χ4n) is 2.39. The van der Waals surface area contributed by atoms with Crippen molar-refractivity contribution in [1.29, 1.82) is 0 Å². The quantitative estimate of drug-likeness (QED) is 0.845. The van der Waals surface area contributed by atoms with Crippen LogP contribution in [0.1, 0.15) is 19.4 Å². The smallest absolute Gasteiger partial charge is 0.370 e. The molecule has 1 aromatic rings. The van der Waals surface area contributed by atoms with Crippen molar-refractivity contribution < 1.29 is 13.2 Å². The highest BCUT2D eigenvalue weighted by Crippen LogP contribution is 2.32. The third-order valence-corrected chi connectivity index (χ3v) is 3.32. The van der Waals surface area contributed by atoms with E-state index in [1.165, 1.54) is 12.1 Å². The van der Waals surface area contributed by atoms with E-state index in [1.54, 1.807) is 6.07 Å². The molecule has 0 spiro atoms. The van der Waals surface area contributed by atoms with Crippen molar-refractivity contribution in [2.45, 2.75) is 20.0 Å². The molecule has 2 nitrogen and oxygen atoms in total. The van der Waals surface area contributed by atoms with Gasteiger partial charge in [-0.25, -0.2) is 0 Å². The lowest BCUT2D eigenvalue weighted by molar-refractivity contribution is -0.137. The summed E-state index contributed by atoms with van der Waals surface area (Å²) in [6.45, 7) is 7.38. The van der Waals surface area contributed by atoms with Crippen molar-refractivity contribution >= 4 is 5.69 Å². The monoisotopic (exact) mass is 272 g/mol. The van der Waals surface area contributed by atoms with Crippen molar-refractivity contribution in [3.05, 3.63) is 29.8 Å². The van der Waals surface area contributed by atoms with Crippen LogP contribution in [0.2, 0.25) is 0 Å². The molecule has 2 rings (SSSR count). The van der Waals surface area contributed by atoms with Gasteiger partial charge in [0.1, 0.15) is 0 Å². The standard InChI is InChI=1S/C14H19F3N2/c1-13(2)9-18-6-7-19(10-13)12-5-3-4-11(8-12)14(15,16)17/h3-5,8,18H,6-7,9-10H2,1-2H3. The topological polar surface area (TPSA) is 15.3 Å². The summed E-state index contributed by atoms with van der Waals surface area (Å²) in [4.78, 5) is 2.02. The first kappa shape index (κ1) is 14.2. The van der Waals surface area contributed by atoms with E-state index < -0.39 is 11.7 Å². The minimum atomic E-state index is -4.28. The number of nitrogens with one attached hydrogen (secondary N) is 1. The lowest BCUT2D eigenvalue weighted by Gasteiger charge is -2.31. The predicted octanol–water partition coefficient (Wildman–Crippen LogP) is 3.14. The molecular weight excluding hydrogens is 253 g/mol. The molecule has 1 N–H and O–H groups in total. The van der Waals surface area contributed by atoms with Gasteiger partial charge in [-0.1, -0.05) is 19.9 Å². The molecule has 0 unspecified atom stereocenters. The number of nitrogens with zero attached hydrogens (tertiary/aromatic N) is 1. The van der Waals surface area contributed by atoms with Crippen LogP contribution in [-0.2, 0) is 6.18 Å². The summed E-state index contributed by atoms with van der Waals surface area (Å²) in [6.07, 6.45) is -4.28. The first-order chi connectivity index (χ1) is 8.78. The van der Waals surface area contributed by atoms with Crippen LogP contribution in [0.4, 0.5) is 18.9 Å². The lowest BCUT2D eigenvalue weighted by atomic mass is 9.93. The Bertz CT molecular complexity index is 441. The summed E-state index contributed by atoms with van der Waals surface area (Å²) < 4.78 is 38.2. The molecule has 0 radical (unpaired) electrons. The summed E-state index contributed by atoms with van der Waals surface area (Å²) in [7, 11) is 0. The van der Waals surface area contributed by atoms with Gasteiger partial charge < -0.3 is 10.2 Å². The second kappa shape index (κ2) is 5.04. The zero-order chi connectivity index (χ0) is 14.1. The zero-order valence-electron chi connectivity index (χ0n) is 11.2. The third kappa shape index (κ3) is 3.62. The van der Waals surface area contributed by atoms with Crippen LogP contribution in [0.15, 0.2) is 24.3 Å². The Morgan fingerprint density at radius 1 is 1.26 bits per heavy atom. The second-order valence-electron chi connectivity index (χ2n) is 5.81. The summed E-state index contributed by atoms with van der Waals surface area (Å²) in [5.41, 5.74) is 0.108. The summed E-state index contributed by atoms with van der Waals surface area (Å²) in [6, 6.07) is 5.58. The maximum absolute atomic E-state index is 12.7. The molecule has 0 saturated carbocycles. The molecule has 0 atom stereocenters. The van der Waals surface area contributed by atoms with Crippen LogP contribution in [0.5, 0.6) is 0 Å². The van der Waals surface area contributed by atoms with Crippen molar-refractivity contribution in [2.75, 3.05) is 31.1 Å². The van der Waals surface area contributed by atoms with Crippen molar-refractivity contribution in [2.24, 2.45) is 5.41 Å². The minimum absolute atomic E-state index is 0.0464. The van der Waals surface area contributed by atoms with Gasteiger partial charge in [0.15, 0.2) is 0 Å². The van der Waals surface area contributed by atoms with Crippen molar-refractivity contribution in [3.63, 3.8) is 0 Å². The van der Waals surface area contributed by atoms with E-state index in [4.69, 9.17) is 0 Å². The van der Waals surface area contributed by atoms with E-state index in [-0.39, 0.29) is 5.41 Å². The number of alkyl halides is 3. The molecular formula is C14H19F3N2. The van der Waals surface area contributed by atoms with E-state index >= 15 is 0 Å². The molecule has 0 aromatic heterocycles. The maximum atomic E-state index is 12.7. The molecule has 0 aliphatic carbocycles. The van der Waals surface area contributed by atoms with Crippen LogP contribution in [0, 0.1) is 5.41 Å². The van der Waals surface area contributed by atoms with Gasteiger partial charge >= 0.3 is 6.18 Å². The zero-order valence-corrected chi connectivity index (χ0v) is 11.2. The molecule has 1 aliphatic heterocycles. The Labute approximate surface area is 111 Å². The lowest BCUT2D eigenvalue weighted by Crippen LogP contribution is -2.35. The van der Waals surface area contributed by atoms with Gasteiger partial charge in [-0.2, -0.15) is 13.2 Å².